The Morgan fingerprint density at radius 2 is 1.60 bits per heavy atom. The maximum Gasteiger partial charge on any atom is 0.253 e. The molecular weight excluding hydrogens is 438 g/mol. The Balaban J connectivity index is 1.13. The normalized spacial score (nSPS) is 14.5. The first-order chi connectivity index (χ1) is 17.2. The number of aromatic amines is 1. The number of aromatic nitrogens is 2. The van der Waals surface area contributed by atoms with Crippen LogP contribution in [0.25, 0.3) is 17.0 Å². The first kappa shape index (κ1) is 22.6. The van der Waals surface area contributed by atoms with E-state index in [-0.39, 0.29) is 11.8 Å². The van der Waals surface area contributed by atoms with Gasteiger partial charge in [-0.3, -0.25) is 19.6 Å². The molecule has 7 heteroatoms. The number of para-hydroxylation sites is 1. The van der Waals surface area contributed by atoms with Crippen LogP contribution in [0.5, 0.6) is 0 Å². The van der Waals surface area contributed by atoms with Crippen LogP contribution in [0.2, 0.25) is 0 Å². The molecule has 0 bridgehead atoms. The van der Waals surface area contributed by atoms with E-state index >= 15 is 0 Å². The highest BCUT2D eigenvalue weighted by Crippen LogP contribution is 2.17. The summed E-state index contributed by atoms with van der Waals surface area (Å²) in [5, 5.41) is 11.0. The van der Waals surface area contributed by atoms with Crippen LogP contribution in [-0.4, -0.2) is 58.0 Å². The van der Waals surface area contributed by atoms with Crippen molar-refractivity contribution in [3.63, 3.8) is 0 Å². The lowest BCUT2D eigenvalue weighted by atomic mass is 10.1. The van der Waals surface area contributed by atoms with Crippen molar-refractivity contribution >= 4 is 34.5 Å². The predicted molar refractivity (Wildman–Crippen MR) is 138 cm³/mol. The van der Waals surface area contributed by atoms with E-state index in [1.165, 1.54) is 11.6 Å². The van der Waals surface area contributed by atoms with E-state index < -0.39 is 0 Å². The van der Waals surface area contributed by atoms with Crippen LogP contribution in [-0.2, 0) is 11.3 Å². The summed E-state index contributed by atoms with van der Waals surface area (Å²) in [5.41, 5.74) is 4.18. The van der Waals surface area contributed by atoms with Crippen molar-refractivity contribution in [1.82, 2.24) is 20.0 Å². The van der Waals surface area contributed by atoms with Crippen LogP contribution in [0, 0.1) is 0 Å². The first-order valence-corrected chi connectivity index (χ1v) is 11.7. The summed E-state index contributed by atoms with van der Waals surface area (Å²) < 4.78 is 0. The SMILES string of the molecule is O=C(/C=C/c1n[nH]c2ccccc12)Nc1ccc(C(=O)N2CCN(Cc3ccccc3)CC2)cc1. The Morgan fingerprint density at radius 3 is 2.37 bits per heavy atom. The Kier molecular flexibility index (Phi) is 6.68. The number of H-pyrrole nitrogens is 1. The summed E-state index contributed by atoms with van der Waals surface area (Å²) in [7, 11) is 0. The summed E-state index contributed by atoms with van der Waals surface area (Å²) >= 11 is 0. The van der Waals surface area contributed by atoms with Gasteiger partial charge in [-0.05, 0) is 42.0 Å². The lowest BCUT2D eigenvalue weighted by Gasteiger charge is -2.34. The molecule has 0 spiro atoms. The molecule has 0 saturated carbocycles. The lowest BCUT2D eigenvalue weighted by Crippen LogP contribution is -2.48. The molecule has 1 aliphatic rings. The van der Waals surface area contributed by atoms with Gasteiger partial charge in [0.2, 0.25) is 5.91 Å². The zero-order valence-corrected chi connectivity index (χ0v) is 19.4. The van der Waals surface area contributed by atoms with E-state index in [2.05, 4.69) is 44.7 Å². The molecule has 3 aromatic carbocycles. The van der Waals surface area contributed by atoms with Crippen molar-refractivity contribution in [2.75, 3.05) is 31.5 Å². The molecule has 7 nitrogen and oxygen atoms in total. The summed E-state index contributed by atoms with van der Waals surface area (Å²) in [4.78, 5) is 29.6. The quantitative estimate of drug-likeness (QED) is 0.419. The van der Waals surface area contributed by atoms with Crippen LogP contribution in [0.1, 0.15) is 21.6 Å². The van der Waals surface area contributed by atoms with Gasteiger partial charge >= 0.3 is 0 Å². The van der Waals surface area contributed by atoms with Gasteiger partial charge in [0.15, 0.2) is 0 Å². The second-order valence-electron chi connectivity index (χ2n) is 8.61. The van der Waals surface area contributed by atoms with E-state index in [0.717, 1.165) is 30.5 Å². The molecule has 35 heavy (non-hydrogen) atoms. The van der Waals surface area contributed by atoms with E-state index in [1.54, 1.807) is 30.3 Å². The molecule has 2 amide bonds. The minimum absolute atomic E-state index is 0.0209. The van der Waals surface area contributed by atoms with Crippen molar-refractivity contribution in [2.24, 2.45) is 0 Å². The van der Waals surface area contributed by atoms with Gasteiger partial charge in [0.25, 0.3) is 5.91 Å². The van der Waals surface area contributed by atoms with Gasteiger partial charge in [0, 0.05) is 55.4 Å². The second-order valence-corrected chi connectivity index (χ2v) is 8.61. The molecule has 0 aliphatic carbocycles. The number of benzene rings is 3. The number of piperazine rings is 1. The van der Waals surface area contributed by atoms with Crippen LogP contribution in [0.3, 0.4) is 0 Å². The van der Waals surface area contributed by atoms with Gasteiger partial charge in [-0.1, -0.05) is 48.5 Å². The molecule has 176 valence electrons. The number of nitrogens with zero attached hydrogens (tertiary/aromatic N) is 3. The molecule has 1 fully saturated rings. The number of hydrogen-bond donors (Lipinski definition) is 2. The number of hydrogen-bond acceptors (Lipinski definition) is 4. The highest BCUT2D eigenvalue weighted by atomic mass is 16.2. The van der Waals surface area contributed by atoms with Crippen LogP contribution in [0.15, 0.2) is 84.9 Å². The van der Waals surface area contributed by atoms with E-state index in [1.807, 2.05) is 35.2 Å². The molecule has 2 heterocycles. The Hall–Kier alpha value is -4.23. The van der Waals surface area contributed by atoms with Gasteiger partial charge in [0.05, 0.1) is 11.2 Å². The fourth-order valence-electron chi connectivity index (χ4n) is 4.28. The van der Waals surface area contributed by atoms with Crippen molar-refractivity contribution in [1.29, 1.82) is 0 Å². The summed E-state index contributed by atoms with van der Waals surface area (Å²) in [6, 6.07) is 25.2. The largest absolute Gasteiger partial charge is 0.336 e. The fourth-order valence-corrected chi connectivity index (χ4v) is 4.28. The summed E-state index contributed by atoms with van der Waals surface area (Å²) in [6.45, 7) is 4.02. The summed E-state index contributed by atoms with van der Waals surface area (Å²) in [6.07, 6.45) is 3.14. The van der Waals surface area contributed by atoms with E-state index in [4.69, 9.17) is 0 Å². The Morgan fingerprint density at radius 1 is 0.886 bits per heavy atom. The van der Waals surface area contributed by atoms with Crippen LogP contribution < -0.4 is 5.32 Å². The smallest absolute Gasteiger partial charge is 0.253 e. The monoisotopic (exact) mass is 465 g/mol. The fraction of sp³-hybridized carbons (Fsp3) is 0.179. The number of amides is 2. The first-order valence-electron chi connectivity index (χ1n) is 11.7. The van der Waals surface area contributed by atoms with Gasteiger partial charge < -0.3 is 10.2 Å². The van der Waals surface area contributed by atoms with Crippen molar-refractivity contribution in [2.45, 2.75) is 6.54 Å². The number of anilines is 1. The third kappa shape index (κ3) is 5.47. The minimum atomic E-state index is -0.259. The molecule has 0 atom stereocenters. The molecule has 4 aromatic rings. The standard InChI is InChI=1S/C28H27N5O2/c34-27(15-14-26-24-8-4-5-9-25(24)30-31-26)29-23-12-10-22(11-13-23)28(35)33-18-16-32(17-19-33)20-21-6-2-1-3-7-21/h1-15H,16-20H2,(H,29,34)(H,30,31)/b15-14+. The van der Waals surface area contributed by atoms with E-state index in [0.29, 0.717) is 30.0 Å². The maximum atomic E-state index is 12.9. The number of rotatable bonds is 6. The number of nitrogens with one attached hydrogen (secondary N) is 2. The number of carbonyl (C=O) groups is 2. The molecule has 0 radical (unpaired) electrons. The lowest BCUT2D eigenvalue weighted by molar-refractivity contribution is -0.111. The number of fused-ring (bicyclic) bond motifs is 1. The zero-order valence-electron chi connectivity index (χ0n) is 19.4. The van der Waals surface area contributed by atoms with Gasteiger partial charge in [-0.15, -0.1) is 0 Å². The molecule has 2 N–H and O–H groups in total. The maximum absolute atomic E-state index is 12.9. The molecule has 5 rings (SSSR count). The highest BCUT2D eigenvalue weighted by Gasteiger charge is 2.22. The van der Waals surface area contributed by atoms with Crippen LogP contribution >= 0.6 is 0 Å². The summed E-state index contributed by atoms with van der Waals surface area (Å²) in [5.74, 6) is -0.238. The van der Waals surface area contributed by atoms with Crippen LogP contribution in [0.4, 0.5) is 5.69 Å². The Labute approximate surface area is 204 Å². The van der Waals surface area contributed by atoms with Crippen molar-refractivity contribution in [3.8, 4) is 0 Å². The predicted octanol–water partition coefficient (Wildman–Crippen LogP) is 4.17. The molecule has 1 aliphatic heterocycles. The topological polar surface area (TPSA) is 81.3 Å². The minimum Gasteiger partial charge on any atom is -0.336 e. The van der Waals surface area contributed by atoms with Crippen molar-refractivity contribution in [3.05, 3.63) is 102 Å². The average molecular weight is 466 g/mol. The molecular formula is C28H27N5O2. The third-order valence-corrected chi connectivity index (χ3v) is 6.20. The molecule has 0 unspecified atom stereocenters. The number of carbonyl (C=O) groups excluding carboxylic acids is 2. The Bertz CT molecular complexity index is 1340. The molecule has 1 saturated heterocycles. The van der Waals surface area contributed by atoms with Crippen molar-refractivity contribution < 1.29 is 9.59 Å². The highest BCUT2D eigenvalue weighted by molar-refractivity contribution is 6.03. The van der Waals surface area contributed by atoms with Gasteiger partial charge in [-0.25, -0.2) is 0 Å². The zero-order chi connectivity index (χ0) is 24.0. The van der Waals surface area contributed by atoms with Gasteiger partial charge in [-0.2, -0.15) is 5.10 Å². The van der Waals surface area contributed by atoms with E-state index in [9.17, 15) is 9.59 Å². The van der Waals surface area contributed by atoms with Gasteiger partial charge in [0.1, 0.15) is 0 Å². The average Bonchev–Trinajstić information content (AvgIpc) is 3.32. The molecule has 1 aromatic heterocycles. The third-order valence-electron chi connectivity index (χ3n) is 6.20. The second kappa shape index (κ2) is 10.4.